The van der Waals surface area contributed by atoms with E-state index in [2.05, 4.69) is 27.5 Å². The summed E-state index contributed by atoms with van der Waals surface area (Å²) in [6.07, 6.45) is 4.67. The number of anilines is 1. The zero-order chi connectivity index (χ0) is 29.8. The molecule has 6 rings (SSSR count). The number of nitriles is 1. The fourth-order valence-corrected chi connectivity index (χ4v) is 5.96. The number of benzene rings is 1. The van der Waals surface area contributed by atoms with Gasteiger partial charge >= 0.3 is 5.69 Å². The molecule has 9 nitrogen and oxygen atoms in total. The number of amides is 1. The van der Waals surface area contributed by atoms with Crippen LogP contribution in [-0.4, -0.2) is 55.5 Å². The van der Waals surface area contributed by atoms with Gasteiger partial charge in [-0.25, -0.2) is 18.7 Å². The van der Waals surface area contributed by atoms with Crippen LogP contribution < -0.4 is 10.6 Å². The lowest BCUT2D eigenvalue weighted by molar-refractivity contribution is -0.127. The van der Waals surface area contributed by atoms with E-state index in [0.29, 0.717) is 42.2 Å². The van der Waals surface area contributed by atoms with Crippen molar-refractivity contribution < 1.29 is 9.18 Å². The fraction of sp³-hybridized carbons (Fsp3) is 0.312. The lowest BCUT2D eigenvalue weighted by Gasteiger charge is -2.43. The van der Waals surface area contributed by atoms with Crippen LogP contribution in [0.1, 0.15) is 49.4 Å². The molecule has 1 aliphatic carbocycles. The van der Waals surface area contributed by atoms with Crippen LogP contribution in [0.2, 0.25) is 0 Å². The van der Waals surface area contributed by atoms with Gasteiger partial charge in [-0.3, -0.25) is 9.78 Å². The first-order chi connectivity index (χ1) is 20.2. The molecule has 0 N–H and O–H groups in total. The van der Waals surface area contributed by atoms with Gasteiger partial charge in [0.15, 0.2) is 5.65 Å². The summed E-state index contributed by atoms with van der Waals surface area (Å²) < 4.78 is 16.5. The normalized spacial score (nSPS) is 15.7. The quantitative estimate of drug-likeness (QED) is 0.325. The first-order valence-corrected chi connectivity index (χ1v) is 14.0. The number of hydrogen-bond donors (Lipinski definition) is 0. The summed E-state index contributed by atoms with van der Waals surface area (Å²) in [6, 6.07) is 11.8. The molecule has 1 spiro atoms. The number of nitrogens with zero attached hydrogens (tertiary/aromatic N) is 7. The smallest absolute Gasteiger partial charge is 0.347 e. The predicted molar refractivity (Wildman–Crippen MR) is 158 cm³/mol. The van der Waals surface area contributed by atoms with Crippen LogP contribution in [0.15, 0.2) is 60.0 Å². The molecule has 2 fully saturated rings. The summed E-state index contributed by atoms with van der Waals surface area (Å²) in [5, 5.41) is 10.7. The number of hydrogen-bond acceptors (Lipinski definition) is 7. The third kappa shape index (κ3) is 4.33. The minimum Gasteiger partial charge on any atom is -0.347 e. The molecule has 1 saturated carbocycles. The van der Waals surface area contributed by atoms with E-state index in [1.54, 1.807) is 35.4 Å². The monoisotopic (exact) mass is 563 g/mol. The van der Waals surface area contributed by atoms with Gasteiger partial charge in [0, 0.05) is 31.4 Å². The summed E-state index contributed by atoms with van der Waals surface area (Å²) in [4.78, 5) is 44.4. The third-order valence-corrected chi connectivity index (χ3v) is 8.24. The molecule has 1 saturated heterocycles. The topological polar surface area (TPSA) is 108 Å². The van der Waals surface area contributed by atoms with E-state index in [-0.39, 0.29) is 39.8 Å². The Morgan fingerprint density at radius 3 is 2.62 bits per heavy atom. The molecule has 1 aromatic carbocycles. The Morgan fingerprint density at radius 1 is 1.19 bits per heavy atom. The van der Waals surface area contributed by atoms with E-state index in [4.69, 9.17) is 4.98 Å². The minimum absolute atomic E-state index is 0.0174. The first-order valence-electron chi connectivity index (χ1n) is 14.0. The van der Waals surface area contributed by atoms with Crippen molar-refractivity contribution in [2.24, 2.45) is 0 Å². The van der Waals surface area contributed by atoms with Crippen molar-refractivity contribution in [3.63, 3.8) is 0 Å². The van der Waals surface area contributed by atoms with E-state index in [0.717, 1.165) is 18.4 Å². The van der Waals surface area contributed by atoms with Crippen LogP contribution in [0.5, 0.6) is 0 Å². The molecule has 10 heteroatoms. The van der Waals surface area contributed by atoms with Crippen molar-refractivity contribution in [3.05, 3.63) is 88.4 Å². The highest BCUT2D eigenvalue weighted by atomic mass is 19.1. The first kappa shape index (κ1) is 27.3. The molecule has 212 valence electrons. The number of carbonyl (C=O) groups excluding carboxylic acids is 1. The Morgan fingerprint density at radius 2 is 1.95 bits per heavy atom. The Hall–Kier alpha value is -4.91. The van der Waals surface area contributed by atoms with Crippen LogP contribution >= 0.6 is 0 Å². The molecule has 4 aromatic rings. The SMILES string of the molecule is C=CC(=O)N1CCN(c2nc(=O)n(-c3c(C)ccnc3C(C)C)c3nc(-c4ccccc4F)c(C#N)cc23)C2(CC2)C1. The molecule has 3 aromatic heterocycles. The van der Waals surface area contributed by atoms with Crippen LogP contribution in [0.4, 0.5) is 10.2 Å². The van der Waals surface area contributed by atoms with Gasteiger partial charge in [0.2, 0.25) is 5.91 Å². The Bertz CT molecular complexity index is 1870. The van der Waals surface area contributed by atoms with Crippen molar-refractivity contribution in [2.45, 2.75) is 45.1 Å². The summed E-state index contributed by atoms with van der Waals surface area (Å²) in [5.41, 5.74) is 1.88. The second kappa shape index (κ2) is 10.2. The number of fused-ring (bicyclic) bond motifs is 1. The Labute approximate surface area is 242 Å². The minimum atomic E-state index is -0.549. The second-order valence-corrected chi connectivity index (χ2v) is 11.3. The van der Waals surface area contributed by atoms with Crippen LogP contribution in [0, 0.1) is 24.1 Å². The van der Waals surface area contributed by atoms with Gasteiger partial charge in [0.1, 0.15) is 17.7 Å². The van der Waals surface area contributed by atoms with Gasteiger partial charge in [-0.2, -0.15) is 10.2 Å². The van der Waals surface area contributed by atoms with E-state index < -0.39 is 11.5 Å². The molecule has 2 aliphatic rings. The summed E-state index contributed by atoms with van der Waals surface area (Å²) in [5.74, 6) is -0.267. The standard InChI is InChI=1S/C32H30FN7O2/c1-5-25(41)38-14-15-39(32(18-38)11-12-32)29-23-16-21(17-34)27(22-8-6-7-9-24(22)33)36-30(23)40(31(42)37-29)28-20(4)10-13-35-26(28)19(2)3/h5-10,13,16,19H,1,11-12,14-15,18H2,2-4H3. The zero-order valence-electron chi connectivity index (χ0n) is 23.8. The molecule has 0 bridgehead atoms. The maximum absolute atomic E-state index is 15.1. The van der Waals surface area contributed by atoms with E-state index >= 15 is 4.39 Å². The summed E-state index contributed by atoms with van der Waals surface area (Å²) in [7, 11) is 0. The zero-order valence-corrected chi connectivity index (χ0v) is 23.8. The van der Waals surface area contributed by atoms with Gasteiger partial charge in [-0.05, 0) is 61.6 Å². The lowest BCUT2D eigenvalue weighted by Crippen LogP contribution is -2.57. The van der Waals surface area contributed by atoms with Crippen molar-refractivity contribution in [1.82, 2.24) is 24.4 Å². The molecule has 1 aliphatic heterocycles. The molecular formula is C32H30FN7O2. The molecule has 42 heavy (non-hydrogen) atoms. The maximum atomic E-state index is 15.1. The number of piperazine rings is 1. The summed E-state index contributed by atoms with van der Waals surface area (Å²) in [6.45, 7) is 10.9. The number of aromatic nitrogens is 4. The Kier molecular flexibility index (Phi) is 6.61. The van der Waals surface area contributed by atoms with E-state index in [9.17, 15) is 14.9 Å². The Balaban J connectivity index is 1.67. The summed E-state index contributed by atoms with van der Waals surface area (Å²) >= 11 is 0. The highest BCUT2D eigenvalue weighted by Gasteiger charge is 2.53. The van der Waals surface area contributed by atoms with Crippen LogP contribution in [0.25, 0.3) is 28.0 Å². The predicted octanol–water partition coefficient (Wildman–Crippen LogP) is 4.65. The lowest BCUT2D eigenvalue weighted by atomic mass is 10.0. The average Bonchev–Trinajstić information content (AvgIpc) is 3.75. The molecule has 1 amide bonds. The highest BCUT2D eigenvalue weighted by molar-refractivity contribution is 5.93. The largest absolute Gasteiger partial charge is 0.355 e. The van der Waals surface area contributed by atoms with Gasteiger partial charge in [0.05, 0.1) is 33.6 Å². The van der Waals surface area contributed by atoms with E-state index in [1.807, 2.05) is 26.8 Å². The number of halogens is 1. The van der Waals surface area contributed by atoms with Crippen molar-refractivity contribution in [2.75, 3.05) is 24.5 Å². The molecule has 4 heterocycles. The molecule has 0 unspecified atom stereocenters. The molecule has 0 radical (unpaired) electrons. The highest BCUT2D eigenvalue weighted by Crippen LogP contribution is 2.47. The van der Waals surface area contributed by atoms with E-state index in [1.165, 1.54) is 16.7 Å². The van der Waals surface area contributed by atoms with Gasteiger partial charge in [-0.15, -0.1) is 0 Å². The maximum Gasteiger partial charge on any atom is 0.355 e. The van der Waals surface area contributed by atoms with Gasteiger partial charge < -0.3 is 9.80 Å². The molecular weight excluding hydrogens is 533 g/mol. The van der Waals surface area contributed by atoms with Gasteiger partial charge in [0.25, 0.3) is 0 Å². The number of pyridine rings is 2. The number of aryl methyl sites for hydroxylation is 1. The van der Waals surface area contributed by atoms with Gasteiger partial charge in [-0.1, -0.05) is 32.6 Å². The van der Waals surface area contributed by atoms with Crippen LogP contribution in [-0.2, 0) is 4.79 Å². The van der Waals surface area contributed by atoms with Crippen molar-refractivity contribution in [3.8, 4) is 23.0 Å². The second-order valence-electron chi connectivity index (χ2n) is 11.3. The van der Waals surface area contributed by atoms with Crippen molar-refractivity contribution >= 4 is 22.8 Å². The van der Waals surface area contributed by atoms with Crippen molar-refractivity contribution in [1.29, 1.82) is 5.26 Å². The average molecular weight is 564 g/mol. The third-order valence-electron chi connectivity index (χ3n) is 8.24. The fourth-order valence-electron chi connectivity index (χ4n) is 5.96. The number of carbonyl (C=O) groups is 1. The number of rotatable bonds is 5. The van der Waals surface area contributed by atoms with Crippen LogP contribution in [0.3, 0.4) is 0 Å². The molecule has 0 atom stereocenters.